The summed E-state index contributed by atoms with van der Waals surface area (Å²) >= 11 is 0. The van der Waals surface area contributed by atoms with Gasteiger partial charge in [-0.05, 0) is 51.0 Å². The lowest BCUT2D eigenvalue weighted by Crippen LogP contribution is -2.49. The van der Waals surface area contributed by atoms with E-state index in [1.54, 1.807) is 60.7 Å². The van der Waals surface area contributed by atoms with Crippen LogP contribution in [0.5, 0.6) is 0 Å². The number of benzene rings is 1. The molecular weight excluding hydrogens is 650 g/mol. The van der Waals surface area contributed by atoms with Gasteiger partial charge in [0.2, 0.25) is 16.0 Å². The number of fused-ring (bicyclic) bond motifs is 1. The summed E-state index contributed by atoms with van der Waals surface area (Å²) in [6.45, 7) is 6.60. The van der Waals surface area contributed by atoms with Gasteiger partial charge in [0, 0.05) is 91.9 Å². The third kappa shape index (κ3) is 6.71. The van der Waals surface area contributed by atoms with Crippen LogP contribution in [-0.2, 0) is 10.0 Å². The minimum absolute atomic E-state index is 0.192. The van der Waals surface area contributed by atoms with Gasteiger partial charge in [-0.25, -0.2) is 37.0 Å². The lowest BCUT2D eigenvalue weighted by Gasteiger charge is -2.33. The first-order valence-electron chi connectivity index (χ1n) is 16.1. The zero-order valence-corrected chi connectivity index (χ0v) is 28.2. The van der Waals surface area contributed by atoms with E-state index in [9.17, 15) is 13.2 Å². The molecule has 0 bridgehead atoms. The minimum Gasteiger partial charge on any atom is -0.366 e. The molecular formula is C33H36FN11O3S. The summed E-state index contributed by atoms with van der Waals surface area (Å²) in [7, 11) is -3.38. The predicted octanol–water partition coefficient (Wildman–Crippen LogP) is 3.29. The van der Waals surface area contributed by atoms with E-state index in [4.69, 9.17) is 4.98 Å². The molecule has 1 unspecified atom stereocenters. The van der Waals surface area contributed by atoms with Crippen LogP contribution in [0.1, 0.15) is 31.5 Å². The summed E-state index contributed by atoms with van der Waals surface area (Å²) in [5.74, 6) is 0.217. The molecule has 14 nitrogen and oxygen atoms in total. The minimum atomic E-state index is -3.38. The molecule has 0 spiro atoms. The van der Waals surface area contributed by atoms with Crippen LogP contribution in [0.4, 0.5) is 21.7 Å². The van der Waals surface area contributed by atoms with E-state index in [0.29, 0.717) is 76.7 Å². The predicted molar refractivity (Wildman–Crippen MR) is 185 cm³/mol. The second-order valence-corrected chi connectivity index (χ2v) is 14.5. The maximum Gasteiger partial charge on any atom is 0.260 e. The number of rotatable bonds is 7. The van der Waals surface area contributed by atoms with E-state index in [2.05, 4.69) is 42.5 Å². The molecule has 0 aliphatic carbocycles. The van der Waals surface area contributed by atoms with Crippen LogP contribution in [0.25, 0.3) is 33.7 Å². The summed E-state index contributed by atoms with van der Waals surface area (Å²) in [4.78, 5) is 43.2. The molecule has 7 rings (SSSR count). The topological polar surface area (TPSA) is 164 Å². The van der Waals surface area contributed by atoms with Crippen molar-refractivity contribution in [2.45, 2.75) is 38.8 Å². The number of pyridine rings is 1. The van der Waals surface area contributed by atoms with Gasteiger partial charge in [-0.15, -0.1) is 0 Å². The standard InChI is InChI=1S/C33H36FN11O3S/c1-20-19-43(13-10-36-20)29-5-4-23(15-27(29)34)41-33-39-16-22-14-25(26-17-38-30(40-21(26)2)28-18-35-8-9-37-28)32(46)45(31(22)42-33)24-6-11-44(12-7-24)49(3,47)48/h4-5,8-9,14-18,20,24,36H,6-7,10-13,19H2,1-3H3,(H,39,41,42). The van der Waals surface area contributed by atoms with Crippen molar-refractivity contribution in [3.63, 3.8) is 0 Å². The van der Waals surface area contributed by atoms with Crippen LogP contribution in [0.2, 0.25) is 0 Å². The van der Waals surface area contributed by atoms with Gasteiger partial charge in [0.25, 0.3) is 5.56 Å². The number of hydrogen-bond acceptors (Lipinski definition) is 12. The Kier molecular flexibility index (Phi) is 8.77. The molecule has 254 valence electrons. The van der Waals surface area contributed by atoms with Gasteiger partial charge in [-0.3, -0.25) is 14.3 Å². The summed E-state index contributed by atoms with van der Waals surface area (Å²) < 4.78 is 42.9. The summed E-state index contributed by atoms with van der Waals surface area (Å²) in [5.41, 5.74) is 3.05. The van der Waals surface area contributed by atoms with Crippen LogP contribution in [0.15, 0.2) is 60.0 Å². The van der Waals surface area contributed by atoms with Crippen LogP contribution < -0.4 is 21.1 Å². The van der Waals surface area contributed by atoms with Gasteiger partial charge in [0.1, 0.15) is 17.2 Å². The average Bonchev–Trinajstić information content (AvgIpc) is 3.08. The van der Waals surface area contributed by atoms with Gasteiger partial charge in [-0.1, -0.05) is 0 Å². The quantitative estimate of drug-likeness (QED) is 0.257. The van der Waals surface area contributed by atoms with E-state index in [-0.39, 0.29) is 42.5 Å². The fourth-order valence-corrected chi connectivity index (χ4v) is 7.41. The van der Waals surface area contributed by atoms with E-state index in [1.807, 2.05) is 4.90 Å². The van der Waals surface area contributed by atoms with Crippen LogP contribution >= 0.6 is 0 Å². The second kappa shape index (κ2) is 13.2. The van der Waals surface area contributed by atoms with Crippen LogP contribution in [0.3, 0.4) is 0 Å². The van der Waals surface area contributed by atoms with Crippen molar-refractivity contribution in [3.8, 4) is 22.6 Å². The van der Waals surface area contributed by atoms with E-state index in [0.717, 1.165) is 6.54 Å². The number of aryl methyl sites for hydroxylation is 1. The molecule has 2 aliphatic heterocycles. The van der Waals surface area contributed by atoms with E-state index >= 15 is 4.39 Å². The van der Waals surface area contributed by atoms with Crippen molar-refractivity contribution in [2.24, 2.45) is 0 Å². The zero-order chi connectivity index (χ0) is 34.3. The number of halogens is 1. The third-order valence-corrected chi connectivity index (χ3v) is 10.3. The Morgan fingerprint density at radius 2 is 1.80 bits per heavy atom. The third-order valence-electron chi connectivity index (χ3n) is 9.01. The molecule has 16 heteroatoms. The molecule has 2 aliphatic rings. The summed E-state index contributed by atoms with van der Waals surface area (Å²) in [5, 5.41) is 7.06. The number of anilines is 3. The largest absolute Gasteiger partial charge is 0.366 e. The normalized spacial score (nSPS) is 17.8. The average molecular weight is 686 g/mol. The molecule has 2 saturated heterocycles. The Labute approximate surface area is 282 Å². The highest BCUT2D eigenvalue weighted by Gasteiger charge is 2.29. The molecule has 49 heavy (non-hydrogen) atoms. The SMILES string of the molecule is Cc1nc(-c2cnccn2)ncc1-c1cc2cnc(Nc3ccc(N4CCNC(C)C4)c(F)c3)nc2n(C2CCN(S(C)(=O)=O)CC2)c1=O. The molecule has 0 radical (unpaired) electrons. The first-order valence-corrected chi connectivity index (χ1v) is 17.9. The van der Waals surface area contributed by atoms with Crippen molar-refractivity contribution in [2.75, 3.05) is 49.2 Å². The van der Waals surface area contributed by atoms with Crippen molar-refractivity contribution in [1.82, 2.24) is 44.1 Å². The summed E-state index contributed by atoms with van der Waals surface area (Å²) in [6, 6.07) is 6.58. The maximum absolute atomic E-state index is 15.3. The number of nitrogens with zero attached hydrogens (tertiary/aromatic N) is 9. The molecule has 2 fully saturated rings. The monoisotopic (exact) mass is 685 g/mol. The first-order chi connectivity index (χ1) is 23.5. The molecule has 2 N–H and O–H groups in total. The Balaban J connectivity index is 1.26. The molecule has 0 saturated carbocycles. The van der Waals surface area contributed by atoms with E-state index < -0.39 is 10.0 Å². The Bertz CT molecular complexity index is 2190. The van der Waals surface area contributed by atoms with Crippen molar-refractivity contribution in [3.05, 3.63) is 77.1 Å². The summed E-state index contributed by atoms with van der Waals surface area (Å²) in [6.07, 6.45) is 9.92. The molecule has 4 aromatic heterocycles. The molecule has 1 atom stereocenters. The smallest absolute Gasteiger partial charge is 0.260 e. The lowest BCUT2D eigenvalue weighted by atomic mass is 10.0. The highest BCUT2D eigenvalue weighted by Crippen LogP contribution is 2.31. The fraction of sp³-hybridized carbons (Fsp3) is 0.364. The molecule has 1 aromatic carbocycles. The highest BCUT2D eigenvalue weighted by atomic mass is 32.2. The lowest BCUT2D eigenvalue weighted by molar-refractivity contribution is 0.275. The Hall–Kier alpha value is -4.93. The number of hydrogen-bond donors (Lipinski definition) is 2. The highest BCUT2D eigenvalue weighted by molar-refractivity contribution is 7.88. The second-order valence-electron chi connectivity index (χ2n) is 12.5. The van der Waals surface area contributed by atoms with Gasteiger partial charge in [0.15, 0.2) is 5.82 Å². The van der Waals surface area contributed by atoms with Crippen LogP contribution in [0, 0.1) is 12.7 Å². The van der Waals surface area contributed by atoms with Gasteiger partial charge >= 0.3 is 0 Å². The van der Waals surface area contributed by atoms with Gasteiger partial charge in [0.05, 0.1) is 23.7 Å². The maximum atomic E-state index is 15.3. The number of nitrogens with one attached hydrogen (secondary N) is 2. The first kappa shape index (κ1) is 32.6. The number of aromatic nitrogens is 7. The Morgan fingerprint density at radius 3 is 2.49 bits per heavy atom. The molecule has 5 aromatic rings. The van der Waals surface area contributed by atoms with Crippen molar-refractivity contribution < 1.29 is 12.8 Å². The van der Waals surface area contributed by atoms with Crippen molar-refractivity contribution >= 4 is 38.4 Å². The zero-order valence-electron chi connectivity index (χ0n) is 27.3. The van der Waals surface area contributed by atoms with Gasteiger partial charge in [-0.2, -0.15) is 4.98 Å². The van der Waals surface area contributed by atoms with Crippen LogP contribution in [-0.4, -0.2) is 92.2 Å². The molecule has 6 heterocycles. The number of sulfonamides is 1. The fourth-order valence-electron chi connectivity index (χ4n) is 6.53. The number of piperidine rings is 1. The van der Waals surface area contributed by atoms with Crippen molar-refractivity contribution in [1.29, 1.82) is 0 Å². The Morgan fingerprint density at radius 1 is 0.980 bits per heavy atom. The van der Waals surface area contributed by atoms with E-state index in [1.165, 1.54) is 16.6 Å². The van der Waals surface area contributed by atoms with Gasteiger partial charge < -0.3 is 15.5 Å². The number of piperazine rings is 1. The molecule has 0 amide bonds.